The van der Waals surface area contributed by atoms with Crippen molar-refractivity contribution in [3.63, 3.8) is 0 Å². The Kier molecular flexibility index (Phi) is 5.26. The number of carboxylic acid groups (broad SMARTS) is 1. The molecule has 2 aromatic rings. The van der Waals surface area contributed by atoms with Crippen LogP contribution in [0.3, 0.4) is 0 Å². The molecule has 1 aliphatic rings. The second-order valence-corrected chi connectivity index (χ2v) is 6.22. The first-order valence-electron chi connectivity index (χ1n) is 8.40. The van der Waals surface area contributed by atoms with E-state index in [1.807, 2.05) is 24.3 Å². The highest BCUT2D eigenvalue weighted by Crippen LogP contribution is 2.24. The Morgan fingerprint density at radius 2 is 2.00 bits per heavy atom. The topological polar surface area (TPSA) is 109 Å². The van der Waals surface area contributed by atoms with Crippen LogP contribution in [0.4, 0.5) is 5.82 Å². The highest BCUT2D eigenvalue weighted by atomic mass is 16.4. The number of carbonyl (C=O) groups excluding carboxylic acids is 1. The molecule has 0 aliphatic carbocycles. The predicted molar refractivity (Wildman–Crippen MR) is 98.3 cm³/mol. The van der Waals surface area contributed by atoms with Gasteiger partial charge in [0.25, 0.3) is 0 Å². The number of aromatic nitrogens is 2. The van der Waals surface area contributed by atoms with Crippen molar-refractivity contribution >= 4 is 23.8 Å². The Hall–Kier alpha value is -3.22. The molecule has 7 nitrogen and oxygen atoms in total. The number of hydrogen-bond donors (Lipinski definition) is 2. The van der Waals surface area contributed by atoms with E-state index in [0.717, 1.165) is 35.9 Å². The van der Waals surface area contributed by atoms with Crippen LogP contribution in [0, 0.1) is 5.92 Å². The van der Waals surface area contributed by atoms with Crippen LogP contribution in [-0.4, -0.2) is 40.0 Å². The largest absolute Gasteiger partial charge is 0.478 e. The molecule has 26 heavy (non-hydrogen) atoms. The summed E-state index contributed by atoms with van der Waals surface area (Å²) in [6, 6.07) is 7.45. The number of carbonyl (C=O) groups is 2. The molecule has 0 radical (unpaired) electrons. The third-order valence-corrected chi connectivity index (χ3v) is 4.44. The summed E-state index contributed by atoms with van der Waals surface area (Å²) >= 11 is 0. The van der Waals surface area contributed by atoms with Gasteiger partial charge in [-0.05, 0) is 30.5 Å². The number of aliphatic carboxylic acids is 1. The molecule has 0 atom stereocenters. The first kappa shape index (κ1) is 17.6. The van der Waals surface area contributed by atoms with Gasteiger partial charge in [0.1, 0.15) is 5.82 Å². The number of primary amides is 1. The molecule has 0 saturated carbocycles. The van der Waals surface area contributed by atoms with E-state index in [4.69, 9.17) is 10.8 Å². The van der Waals surface area contributed by atoms with Gasteiger partial charge in [0.05, 0.1) is 18.1 Å². The van der Waals surface area contributed by atoms with Crippen molar-refractivity contribution in [2.45, 2.75) is 12.8 Å². The lowest BCUT2D eigenvalue weighted by Crippen LogP contribution is -2.39. The number of piperidine rings is 1. The van der Waals surface area contributed by atoms with Crippen molar-refractivity contribution < 1.29 is 14.7 Å². The van der Waals surface area contributed by atoms with E-state index in [9.17, 15) is 9.59 Å². The lowest BCUT2D eigenvalue weighted by Gasteiger charge is -2.31. The monoisotopic (exact) mass is 352 g/mol. The molecule has 1 aromatic carbocycles. The van der Waals surface area contributed by atoms with E-state index in [1.165, 1.54) is 6.08 Å². The summed E-state index contributed by atoms with van der Waals surface area (Å²) in [5.41, 5.74) is 7.73. The van der Waals surface area contributed by atoms with Crippen LogP contribution in [0.5, 0.6) is 0 Å². The van der Waals surface area contributed by atoms with Gasteiger partial charge in [-0.2, -0.15) is 0 Å². The number of nitrogens with zero attached hydrogens (tertiary/aromatic N) is 3. The Balaban J connectivity index is 1.79. The van der Waals surface area contributed by atoms with Gasteiger partial charge in [0, 0.05) is 30.6 Å². The maximum atomic E-state index is 11.3. The minimum atomic E-state index is -0.989. The fourth-order valence-electron chi connectivity index (χ4n) is 3.01. The van der Waals surface area contributed by atoms with Crippen molar-refractivity contribution in [3.05, 3.63) is 48.3 Å². The van der Waals surface area contributed by atoms with Gasteiger partial charge in [-0.25, -0.2) is 9.78 Å². The van der Waals surface area contributed by atoms with Crippen LogP contribution in [0.25, 0.3) is 17.3 Å². The number of amides is 1. The molecule has 3 N–H and O–H groups in total. The maximum Gasteiger partial charge on any atom is 0.328 e. The van der Waals surface area contributed by atoms with Gasteiger partial charge in [0.15, 0.2) is 0 Å². The number of benzene rings is 1. The number of anilines is 1. The number of hydrogen-bond acceptors (Lipinski definition) is 5. The SMILES string of the molecule is NC(=O)C1CCN(c2cncc(-c3cccc(/C=C/C(=O)O)c3)n2)CC1. The van der Waals surface area contributed by atoms with Gasteiger partial charge in [-0.1, -0.05) is 18.2 Å². The third kappa shape index (κ3) is 4.24. The van der Waals surface area contributed by atoms with Crippen molar-refractivity contribution in [2.75, 3.05) is 18.0 Å². The molecule has 2 heterocycles. The minimum absolute atomic E-state index is 0.0694. The van der Waals surface area contributed by atoms with Gasteiger partial charge < -0.3 is 15.7 Å². The molecule has 3 rings (SSSR count). The number of nitrogens with two attached hydrogens (primary N) is 1. The fraction of sp³-hybridized carbons (Fsp3) is 0.263. The van der Waals surface area contributed by atoms with E-state index in [2.05, 4.69) is 14.9 Å². The standard InChI is InChI=1S/C19H20N4O3/c20-19(26)14-6-8-23(9-7-14)17-12-21-11-16(22-17)15-3-1-2-13(10-15)4-5-18(24)25/h1-5,10-12,14H,6-9H2,(H2,20,26)(H,24,25)/b5-4+. The fourth-order valence-corrected chi connectivity index (χ4v) is 3.01. The third-order valence-electron chi connectivity index (χ3n) is 4.44. The van der Waals surface area contributed by atoms with Crippen LogP contribution in [0.15, 0.2) is 42.7 Å². The molecule has 0 bridgehead atoms. The highest BCUT2D eigenvalue weighted by molar-refractivity contribution is 5.85. The molecule has 0 spiro atoms. The van der Waals surface area contributed by atoms with E-state index in [1.54, 1.807) is 12.4 Å². The van der Waals surface area contributed by atoms with Crippen LogP contribution in [0.1, 0.15) is 18.4 Å². The summed E-state index contributed by atoms with van der Waals surface area (Å²) in [4.78, 5) is 33.0. The zero-order valence-corrected chi connectivity index (χ0v) is 14.2. The lowest BCUT2D eigenvalue weighted by atomic mass is 9.96. The zero-order chi connectivity index (χ0) is 18.5. The van der Waals surface area contributed by atoms with E-state index < -0.39 is 5.97 Å². The molecular formula is C19H20N4O3. The summed E-state index contributed by atoms with van der Waals surface area (Å²) < 4.78 is 0. The first-order valence-corrected chi connectivity index (χ1v) is 8.40. The maximum absolute atomic E-state index is 11.3. The normalized spacial score (nSPS) is 15.3. The summed E-state index contributed by atoms with van der Waals surface area (Å²) in [6.45, 7) is 1.43. The van der Waals surface area contributed by atoms with Crippen LogP contribution >= 0.6 is 0 Å². The Labute approximate surface area is 151 Å². The molecule has 134 valence electrons. The molecular weight excluding hydrogens is 332 g/mol. The number of rotatable bonds is 5. The van der Waals surface area contributed by atoms with Crippen molar-refractivity contribution in [2.24, 2.45) is 11.7 Å². The Morgan fingerprint density at radius 3 is 2.69 bits per heavy atom. The first-order chi connectivity index (χ1) is 12.5. The minimum Gasteiger partial charge on any atom is -0.478 e. The van der Waals surface area contributed by atoms with Gasteiger partial charge >= 0.3 is 5.97 Å². The van der Waals surface area contributed by atoms with Crippen molar-refractivity contribution in [3.8, 4) is 11.3 Å². The second-order valence-electron chi connectivity index (χ2n) is 6.22. The summed E-state index contributed by atoms with van der Waals surface area (Å²) in [5.74, 6) is -0.538. The zero-order valence-electron chi connectivity index (χ0n) is 14.2. The molecule has 1 aromatic heterocycles. The van der Waals surface area contributed by atoms with E-state index >= 15 is 0 Å². The van der Waals surface area contributed by atoms with Crippen LogP contribution in [0.2, 0.25) is 0 Å². The molecule has 7 heteroatoms. The highest BCUT2D eigenvalue weighted by Gasteiger charge is 2.24. The molecule has 1 fully saturated rings. The van der Waals surface area contributed by atoms with Crippen molar-refractivity contribution in [1.29, 1.82) is 0 Å². The Bertz CT molecular complexity index is 842. The average Bonchev–Trinajstić information content (AvgIpc) is 2.67. The lowest BCUT2D eigenvalue weighted by molar-refractivity contribution is -0.131. The van der Waals surface area contributed by atoms with Crippen LogP contribution in [-0.2, 0) is 9.59 Å². The smallest absolute Gasteiger partial charge is 0.328 e. The van der Waals surface area contributed by atoms with E-state index in [-0.39, 0.29) is 11.8 Å². The van der Waals surface area contributed by atoms with E-state index in [0.29, 0.717) is 18.8 Å². The Morgan fingerprint density at radius 1 is 1.23 bits per heavy atom. The quantitative estimate of drug-likeness (QED) is 0.796. The van der Waals surface area contributed by atoms with Crippen LogP contribution < -0.4 is 10.6 Å². The molecule has 1 aliphatic heterocycles. The van der Waals surface area contributed by atoms with Crippen molar-refractivity contribution in [1.82, 2.24) is 9.97 Å². The molecule has 0 unspecified atom stereocenters. The molecule has 1 saturated heterocycles. The molecule has 1 amide bonds. The number of carboxylic acids is 1. The summed E-state index contributed by atoms with van der Waals surface area (Å²) in [7, 11) is 0. The van der Waals surface area contributed by atoms with Gasteiger partial charge in [-0.3, -0.25) is 9.78 Å². The second kappa shape index (κ2) is 7.77. The summed E-state index contributed by atoms with van der Waals surface area (Å²) in [5, 5.41) is 8.75. The predicted octanol–water partition coefficient (Wildman–Crippen LogP) is 1.94. The van der Waals surface area contributed by atoms with Gasteiger partial charge in [0.2, 0.25) is 5.91 Å². The average molecular weight is 352 g/mol. The summed E-state index contributed by atoms with van der Waals surface area (Å²) in [6.07, 6.45) is 7.47. The van der Waals surface area contributed by atoms with Gasteiger partial charge in [-0.15, -0.1) is 0 Å².